The van der Waals surface area contributed by atoms with Gasteiger partial charge in [-0.05, 0) is 66.1 Å². The van der Waals surface area contributed by atoms with Crippen molar-refractivity contribution >= 4 is 28.5 Å². The third kappa shape index (κ3) is 5.17. The lowest BCUT2D eigenvalue weighted by Crippen LogP contribution is -2.29. The maximum atomic E-state index is 13.9. The van der Waals surface area contributed by atoms with E-state index >= 15 is 0 Å². The molecule has 1 aliphatic heterocycles. The van der Waals surface area contributed by atoms with Crippen LogP contribution >= 0.6 is 0 Å². The zero-order valence-electron chi connectivity index (χ0n) is 23.1. The van der Waals surface area contributed by atoms with Crippen molar-refractivity contribution in [2.75, 3.05) is 11.5 Å². The lowest BCUT2D eigenvalue weighted by Gasteiger charge is -2.25. The monoisotopic (exact) mass is 559 g/mol. The number of nitrogens with zero attached hydrogens (tertiary/aromatic N) is 1. The van der Waals surface area contributed by atoms with Crippen molar-refractivity contribution in [3.63, 3.8) is 0 Å². The van der Waals surface area contributed by atoms with Crippen molar-refractivity contribution < 1.29 is 23.5 Å². The van der Waals surface area contributed by atoms with Crippen LogP contribution in [0.2, 0.25) is 0 Å². The molecule has 1 unspecified atom stereocenters. The minimum absolute atomic E-state index is 0.00218. The van der Waals surface area contributed by atoms with Gasteiger partial charge in [0.05, 0.1) is 29.2 Å². The second-order valence-corrected chi connectivity index (χ2v) is 10.1. The van der Waals surface area contributed by atoms with E-state index in [4.69, 9.17) is 13.9 Å². The molecule has 210 valence electrons. The fourth-order valence-electron chi connectivity index (χ4n) is 5.17. The van der Waals surface area contributed by atoms with E-state index in [0.29, 0.717) is 46.7 Å². The summed E-state index contributed by atoms with van der Waals surface area (Å²) in [5.74, 6) is -0.254. The van der Waals surface area contributed by atoms with E-state index in [2.05, 4.69) is 0 Å². The molecule has 1 amide bonds. The summed E-state index contributed by atoms with van der Waals surface area (Å²) >= 11 is 0. The molecule has 6 rings (SSSR count). The number of carbonyl (C=O) groups is 2. The van der Waals surface area contributed by atoms with Gasteiger partial charge < -0.3 is 13.9 Å². The van der Waals surface area contributed by atoms with E-state index in [1.54, 1.807) is 48.5 Å². The molecule has 1 aromatic heterocycles. The van der Waals surface area contributed by atoms with Gasteiger partial charge in [-0.15, -0.1) is 0 Å². The number of ether oxygens (including phenoxy) is 2. The SMILES string of the molecule is CCCCOC(=O)c1ccc(N2C(=O)c3oc4ccccc4c(=O)c3C2c2cccc(OCc3ccccc3)c2)cc1. The number of unbranched alkanes of at least 4 members (excludes halogenated alkanes) is 1. The molecular weight excluding hydrogens is 530 g/mol. The van der Waals surface area contributed by atoms with Crippen LogP contribution in [0.25, 0.3) is 11.0 Å². The second-order valence-electron chi connectivity index (χ2n) is 10.1. The predicted octanol–water partition coefficient (Wildman–Crippen LogP) is 7.08. The van der Waals surface area contributed by atoms with Crippen LogP contribution in [0, 0.1) is 0 Å². The van der Waals surface area contributed by atoms with Gasteiger partial charge in [0.25, 0.3) is 5.91 Å². The predicted molar refractivity (Wildman–Crippen MR) is 160 cm³/mol. The molecule has 0 saturated carbocycles. The summed E-state index contributed by atoms with van der Waals surface area (Å²) in [6, 6.07) is 30.0. The van der Waals surface area contributed by atoms with Crippen LogP contribution in [-0.4, -0.2) is 18.5 Å². The first-order chi connectivity index (χ1) is 20.5. The molecule has 0 radical (unpaired) electrons. The number of rotatable bonds is 9. The number of hydrogen-bond donors (Lipinski definition) is 0. The van der Waals surface area contributed by atoms with E-state index in [0.717, 1.165) is 18.4 Å². The van der Waals surface area contributed by atoms with Crippen molar-refractivity contribution in [2.24, 2.45) is 0 Å². The molecule has 0 bridgehead atoms. The quantitative estimate of drug-likeness (QED) is 0.142. The van der Waals surface area contributed by atoms with E-state index < -0.39 is 17.9 Å². The average molecular weight is 560 g/mol. The van der Waals surface area contributed by atoms with Crippen LogP contribution in [0.1, 0.15) is 63.4 Å². The zero-order chi connectivity index (χ0) is 29.1. The van der Waals surface area contributed by atoms with Crippen LogP contribution in [0.15, 0.2) is 112 Å². The highest BCUT2D eigenvalue weighted by molar-refractivity contribution is 6.10. The van der Waals surface area contributed by atoms with Crippen molar-refractivity contribution in [3.8, 4) is 5.75 Å². The summed E-state index contributed by atoms with van der Waals surface area (Å²) < 4.78 is 17.5. The van der Waals surface area contributed by atoms with Crippen LogP contribution in [0.5, 0.6) is 5.75 Å². The smallest absolute Gasteiger partial charge is 0.338 e. The summed E-state index contributed by atoms with van der Waals surface area (Å²) in [5.41, 5.74) is 2.96. The van der Waals surface area contributed by atoms with Gasteiger partial charge >= 0.3 is 5.97 Å². The topological polar surface area (TPSA) is 86.0 Å². The highest BCUT2D eigenvalue weighted by Crippen LogP contribution is 2.42. The number of amides is 1. The molecule has 0 fully saturated rings. The molecule has 1 aliphatic rings. The van der Waals surface area contributed by atoms with Crippen LogP contribution in [0.4, 0.5) is 5.69 Å². The number of anilines is 1. The fourth-order valence-corrected chi connectivity index (χ4v) is 5.17. The third-order valence-corrected chi connectivity index (χ3v) is 7.31. The Kier molecular flexibility index (Phi) is 7.56. The molecule has 42 heavy (non-hydrogen) atoms. The summed E-state index contributed by atoms with van der Waals surface area (Å²) in [6.07, 6.45) is 1.71. The number of para-hydroxylation sites is 1. The van der Waals surface area contributed by atoms with Gasteiger partial charge in [0.15, 0.2) is 5.43 Å². The Bertz CT molecular complexity index is 1810. The number of carbonyl (C=O) groups excluding carboxylic acids is 2. The first-order valence-electron chi connectivity index (χ1n) is 14.0. The Labute approximate surface area is 242 Å². The summed E-state index contributed by atoms with van der Waals surface area (Å²) in [6.45, 7) is 2.75. The largest absolute Gasteiger partial charge is 0.489 e. The summed E-state index contributed by atoms with van der Waals surface area (Å²) in [7, 11) is 0. The highest BCUT2D eigenvalue weighted by Gasteiger charge is 2.43. The Morgan fingerprint density at radius 1 is 0.881 bits per heavy atom. The summed E-state index contributed by atoms with van der Waals surface area (Å²) in [5, 5.41) is 0.401. The Morgan fingerprint density at radius 3 is 2.43 bits per heavy atom. The van der Waals surface area contributed by atoms with Crippen LogP contribution in [-0.2, 0) is 11.3 Å². The van der Waals surface area contributed by atoms with E-state index in [-0.39, 0.29) is 16.8 Å². The minimum Gasteiger partial charge on any atom is -0.489 e. The number of esters is 1. The standard InChI is InChI=1S/C35H29NO6/c1-2-3-20-40-35(39)24-16-18-26(19-17-24)36-31(25-12-9-13-27(21-25)41-22-23-10-5-4-6-11-23)30-32(37)28-14-7-8-15-29(28)42-33(30)34(36)38/h4-19,21,31H,2-3,20,22H2,1H3. The first-order valence-corrected chi connectivity index (χ1v) is 14.0. The van der Waals surface area contributed by atoms with Crippen LogP contribution in [0.3, 0.4) is 0 Å². The Morgan fingerprint density at radius 2 is 1.64 bits per heavy atom. The van der Waals surface area contributed by atoms with E-state index in [9.17, 15) is 14.4 Å². The minimum atomic E-state index is -0.768. The lowest BCUT2D eigenvalue weighted by atomic mass is 9.98. The zero-order valence-corrected chi connectivity index (χ0v) is 23.1. The van der Waals surface area contributed by atoms with Crippen molar-refractivity contribution in [3.05, 3.63) is 141 Å². The van der Waals surface area contributed by atoms with Gasteiger partial charge in [0.2, 0.25) is 5.76 Å². The molecule has 5 aromatic rings. The molecule has 0 saturated heterocycles. The highest BCUT2D eigenvalue weighted by atomic mass is 16.5. The fraction of sp³-hybridized carbons (Fsp3) is 0.171. The van der Waals surface area contributed by atoms with Gasteiger partial charge in [-0.2, -0.15) is 0 Å². The van der Waals surface area contributed by atoms with Crippen molar-refractivity contribution in [2.45, 2.75) is 32.4 Å². The van der Waals surface area contributed by atoms with Gasteiger partial charge in [-0.3, -0.25) is 14.5 Å². The maximum absolute atomic E-state index is 13.9. The van der Waals surface area contributed by atoms with E-state index in [1.165, 1.54) is 4.90 Å². The van der Waals surface area contributed by atoms with Gasteiger partial charge in [-0.1, -0.05) is 67.9 Å². The average Bonchev–Trinajstić information content (AvgIpc) is 3.33. The molecule has 1 atom stereocenters. The number of fused-ring (bicyclic) bond motifs is 2. The normalized spacial score (nSPS) is 14.2. The number of benzene rings is 4. The maximum Gasteiger partial charge on any atom is 0.338 e. The molecular formula is C35H29NO6. The Balaban J connectivity index is 1.40. The summed E-state index contributed by atoms with van der Waals surface area (Å²) in [4.78, 5) is 41.8. The molecule has 0 N–H and O–H groups in total. The van der Waals surface area contributed by atoms with E-state index in [1.807, 2.05) is 61.5 Å². The first kappa shape index (κ1) is 27.0. The third-order valence-electron chi connectivity index (χ3n) is 7.31. The van der Waals surface area contributed by atoms with Gasteiger partial charge in [0, 0.05) is 5.69 Å². The second kappa shape index (κ2) is 11.7. The van der Waals surface area contributed by atoms with Crippen LogP contribution < -0.4 is 15.1 Å². The molecule has 4 aromatic carbocycles. The lowest BCUT2D eigenvalue weighted by molar-refractivity contribution is 0.0499. The Hall–Kier alpha value is -5.17. The number of hydrogen-bond acceptors (Lipinski definition) is 6. The van der Waals surface area contributed by atoms with Crippen molar-refractivity contribution in [1.82, 2.24) is 0 Å². The van der Waals surface area contributed by atoms with Crippen molar-refractivity contribution in [1.29, 1.82) is 0 Å². The molecule has 0 spiro atoms. The van der Waals surface area contributed by atoms with Gasteiger partial charge in [-0.25, -0.2) is 4.79 Å². The molecule has 0 aliphatic carbocycles. The molecule has 2 heterocycles. The molecule has 7 heteroatoms. The van der Waals surface area contributed by atoms with Gasteiger partial charge in [0.1, 0.15) is 17.9 Å². The molecule has 7 nitrogen and oxygen atoms in total.